The second-order valence-electron chi connectivity index (χ2n) is 5.26. The Labute approximate surface area is 147 Å². The number of likely N-dealkylation sites (N-methyl/N-ethyl adjacent to an activating group) is 1. The molecular formula is C14H15BrClNO5S. The van der Waals surface area contributed by atoms with Crippen molar-refractivity contribution in [2.75, 3.05) is 25.2 Å². The Hall–Kier alpha value is -1.12. The largest absolute Gasteiger partial charge is 0.452 e. The van der Waals surface area contributed by atoms with E-state index in [0.29, 0.717) is 10.9 Å². The van der Waals surface area contributed by atoms with E-state index in [1.807, 2.05) is 0 Å². The summed E-state index contributed by atoms with van der Waals surface area (Å²) in [5.74, 6) is -1.15. The van der Waals surface area contributed by atoms with E-state index in [0.717, 1.165) is 0 Å². The van der Waals surface area contributed by atoms with Crippen molar-refractivity contribution in [1.29, 1.82) is 0 Å². The van der Waals surface area contributed by atoms with Crippen LogP contribution in [-0.4, -0.2) is 56.4 Å². The molecule has 0 saturated carbocycles. The lowest BCUT2D eigenvalue weighted by molar-refractivity contribution is -0.134. The van der Waals surface area contributed by atoms with Crippen molar-refractivity contribution in [2.45, 2.75) is 12.5 Å². The van der Waals surface area contributed by atoms with Crippen LogP contribution in [0.3, 0.4) is 0 Å². The van der Waals surface area contributed by atoms with Gasteiger partial charge in [0, 0.05) is 17.6 Å². The van der Waals surface area contributed by atoms with Gasteiger partial charge in [0.2, 0.25) is 0 Å². The quantitative estimate of drug-likeness (QED) is 0.690. The predicted molar refractivity (Wildman–Crippen MR) is 89.3 cm³/mol. The third-order valence-electron chi connectivity index (χ3n) is 3.62. The predicted octanol–water partition coefficient (Wildman–Crippen LogP) is 1.90. The first kappa shape index (κ1) is 18.2. The number of nitrogens with zero attached hydrogens (tertiary/aromatic N) is 1. The molecule has 0 aromatic heterocycles. The van der Waals surface area contributed by atoms with E-state index in [9.17, 15) is 18.0 Å². The third kappa shape index (κ3) is 4.68. The van der Waals surface area contributed by atoms with Gasteiger partial charge in [-0.1, -0.05) is 27.5 Å². The van der Waals surface area contributed by atoms with Gasteiger partial charge >= 0.3 is 5.97 Å². The number of rotatable bonds is 4. The van der Waals surface area contributed by atoms with Gasteiger partial charge < -0.3 is 9.64 Å². The fraction of sp³-hybridized carbons (Fsp3) is 0.429. The zero-order chi connectivity index (χ0) is 17.2. The second kappa shape index (κ2) is 7.19. The number of carbonyl (C=O) groups is 2. The molecule has 1 aliphatic heterocycles. The van der Waals surface area contributed by atoms with E-state index in [2.05, 4.69) is 15.9 Å². The van der Waals surface area contributed by atoms with Gasteiger partial charge in [-0.25, -0.2) is 13.2 Å². The number of esters is 1. The van der Waals surface area contributed by atoms with E-state index in [1.165, 1.54) is 18.0 Å². The molecule has 1 amide bonds. The van der Waals surface area contributed by atoms with E-state index >= 15 is 0 Å². The molecule has 1 saturated heterocycles. The summed E-state index contributed by atoms with van der Waals surface area (Å²) >= 11 is 9.14. The number of sulfone groups is 1. The van der Waals surface area contributed by atoms with Gasteiger partial charge in [0.1, 0.15) is 0 Å². The number of hydrogen-bond donors (Lipinski definition) is 0. The average molecular weight is 425 g/mol. The summed E-state index contributed by atoms with van der Waals surface area (Å²) in [6.07, 6.45) is 0.399. The van der Waals surface area contributed by atoms with E-state index in [1.54, 1.807) is 12.1 Å². The molecule has 0 aliphatic carbocycles. The van der Waals surface area contributed by atoms with E-state index in [4.69, 9.17) is 16.3 Å². The highest BCUT2D eigenvalue weighted by Gasteiger charge is 2.33. The van der Waals surface area contributed by atoms with Gasteiger partial charge in [0.05, 0.1) is 22.1 Å². The molecule has 1 atom stereocenters. The van der Waals surface area contributed by atoms with Crippen molar-refractivity contribution in [2.24, 2.45) is 0 Å². The van der Waals surface area contributed by atoms with Crippen molar-refractivity contribution in [3.63, 3.8) is 0 Å². The zero-order valence-corrected chi connectivity index (χ0v) is 15.4. The Morgan fingerprint density at radius 3 is 2.74 bits per heavy atom. The van der Waals surface area contributed by atoms with Crippen LogP contribution in [0.4, 0.5) is 0 Å². The van der Waals surface area contributed by atoms with E-state index in [-0.39, 0.29) is 28.1 Å². The Kier molecular flexibility index (Phi) is 5.70. The Bertz CT molecular complexity index is 737. The van der Waals surface area contributed by atoms with Crippen molar-refractivity contribution in [1.82, 2.24) is 4.90 Å². The molecule has 0 N–H and O–H groups in total. The molecule has 0 bridgehead atoms. The van der Waals surface area contributed by atoms with Crippen molar-refractivity contribution in [3.05, 3.63) is 33.3 Å². The van der Waals surface area contributed by atoms with Crippen LogP contribution >= 0.6 is 27.5 Å². The molecule has 23 heavy (non-hydrogen) atoms. The highest BCUT2D eigenvalue weighted by atomic mass is 79.9. The number of amides is 1. The van der Waals surface area contributed by atoms with Gasteiger partial charge in [-0.15, -0.1) is 0 Å². The summed E-state index contributed by atoms with van der Waals surface area (Å²) in [5, 5.41) is 0.223. The van der Waals surface area contributed by atoms with Gasteiger partial charge in [0.15, 0.2) is 16.4 Å². The van der Waals surface area contributed by atoms with Crippen LogP contribution in [0.1, 0.15) is 16.8 Å². The normalized spacial score (nSPS) is 19.3. The van der Waals surface area contributed by atoms with Crippen LogP contribution in [0.2, 0.25) is 5.02 Å². The van der Waals surface area contributed by atoms with Crippen molar-refractivity contribution < 1.29 is 22.7 Å². The monoisotopic (exact) mass is 423 g/mol. The van der Waals surface area contributed by atoms with Crippen LogP contribution in [0, 0.1) is 0 Å². The van der Waals surface area contributed by atoms with Crippen LogP contribution in [0.15, 0.2) is 22.7 Å². The van der Waals surface area contributed by atoms with E-state index < -0.39 is 28.3 Å². The zero-order valence-electron chi connectivity index (χ0n) is 12.3. The maximum absolute atomic E-state index is 12.0. The Morgan fingerprint density at radius 1 is 1.43 bits per heavy atom. The number of hydrogen-bond acceptors (Lipinski definition) is 5. The summed E-state index contributed by atoms with van der Waals surface area (Å²) in [7, 11) is -1.58. The molecule has 1 aromatic carbocycles. The lowest BCUT2D eigenvalue weighted by Gasteiger charge is -2.23. The molecule has 0 spiro atoms. The van der Waals surface area contributed by atoms with Crippen LogP contribution in [0.25, 0.3) is 0 Å². The summed E-state index contributed by atoms with van der Waals surface area (Å²) in [4.78, 5) is 25.3. The molecule has 1 heterocycles. The fourth-order valence-electron chi connectivity index (χ4n) is 2.25. The Morgan fingerprint density at radius 2 is 2.13 bits per heavy atom. The molecule has 1 aliphatic rings. The maximum Gasteiger partial charge on any atom is 0.340 e. The standard InChI is InChI=1S/C14H15BrClNO5S/c1-17(10-4-5-23(20,21)8-10)13(18)7-22-14(19)11-6-9(15)2-3-12(11)16/h2-3,6,10H,4-5,7-8H2,1H3/t10-/m1/s1. The number of benzene rings is 1. The highest BCUT2D eigenvalue weighted by Crippen LogP contribution is 2.22. The fourth-order valence-corrected chi connectivity index (χ4v) is 4.58. The van der Waals surface area contributed by atoms with Crippen LogP contribution < -0.4 is 0 Å². The van der Waals surface area contributed by atoms with Crippen molar-refractivity contribution >= 4 is 49.2 Å². The van der Waals surface area contributed by atoms with Crippen LogP contribution in [-0.2, 0) is 19.4 Å². The molecule has 1 fully saturated rings. The minimum atomic E-state index is -3.08. The minimum absolute atomic E-state index is 0.0549. The molecule has 1 aromatic rings. The molecule has 0 unspecified atom stereocenters. The van der Waals surface area contributed by atoms with Crippen molar-refractivity contribution in [3.8, 4) is 0 Å². The average Bonchev–Trinajstić information content (AvgIpc) is 2.86. The lowest BCUT2D eigenvalue weighted by Crippen LogP contribution is -2.40. The minimum Gasteiger partial charge on any atom is -0.452 e. The van der Waals surface area contributed by atoms with Gasteiger partial charge in [-0.3, -0.25) is 4.79 Å². The van der Waals surface area contributed by atoms with Gasteiger partial charge in [-0.2, -0.15) is 0 Å². The topological polar surface area (TPSA) is 80.8 Å². The second-order valence-corrected chi connectivity index (χ2v) is 8.81. The summed E-state index contributed by atoms with van der Waals surface area (Å²) in [6, 6.07) is 4.35. The SMILES string of the molecule is CN(C(=O)COC(=O)c1cc(Br)ccc1Cl)[C@@H]1CCS(=O)(=O)C1. The van der Waals surface area contributed by atoms with Gasteiger partial charge in [0.25, 0.3) is 5.91 Å². The Balaban J connectivity index is 1.93. The lowest BCUT2D eigenvalue weighted by atomic mass is 10.2. The first-order valence-electron chi connectivity index (χ1n) is 6.78. The van der Waals surface area contributed by atoms with Crippen LogP contribution in [0.5, 0.6) is 0 Å². The molecule has 9 heteroatoms. The summed E-state index contributed by atoms with van der Waals surface area (Å²) in [5.41, 5.74) is 0.153. The molecule has 0 radical (unpaired) electrons. The first-order chi connectivity index (χ1) is 10.7. The highest BCUT2D eigenvalue weighted by molar-refractivity contribution is 9.10. The number of carbonyl (C=O) groups excluding carboxylic acids is 2. The first-order valence-corrected chi connectivity index (χ1v) is 9.77. The molecule has 6 nitrogen and oxygen atoms in total. The maximum atomic E-state index is 12.0. The molecule has 126 valence electrons. The number of halogens is 2. The van der Waals surface area contributed by atoms with Gasteiger partial charge in [-0.05, 0) is 24.6 Å². The summed E-state index contributed by atoms with van der Waals surface area (Å²) < 4.78 is 28.5. The number of ether oxygens (including phenoxy) is 1. The molecule has 2 rings (SSSR count). The molecular weight excluding hydrogens is 410 g/mol. The summed E-state index contributed by atoms with van der Waals surface area (Å²) in [6.45, 7) is -0.464. The third-order valence-corrected chi connectivity index (χ3v) is 6.20. The smallest absolute Gasteiger partial charge is 0.340 e.